The summed E-state index contributed by atoms with van der Waals surface area (Å²) in [5, 5.41) is 2.45. The van der Waals surface area contributed by atoms with Gasteiger partial charge in [0, 0.05) is 4.90 Å². The summed E-state index contributed by atoms with van der Waals surface area (Å²) < 4.78 is 26.4. The van der Waals surface area contributed by atoms with Crippen molar-refractivity contribution < 1.29 is 42.6 Å². The van der Waals surface area contributed by atoms with Crippen LogP contribution in [-0.2, 0) is 39.4 Å². The summed E-state index contributed by atoms with van der Waals surface area (Å²) in [6, 6.07) is 14.8. The van der Waals surface area contributed by atoms with E-state index in [4.69, 9.17) is 23.3 Å². The predicted octanol–water partition coefficient (Wildman–Crippen LogP) is 5.78. The van der Waals surface area contributed by atoms with E-state index in [2.05, 4.69) is 10.2 Å². The third-order valence-corrected chi connectivity index (χ3v) is 5.79. The molecular formula is C28H37NO9S. The molecule has 1 amide bonds. The Morgan fingerprint density at radius 3 is 2.10 bits per heavy atom. The largest absolute Gasteiger partial charge is 0.464 e. The van der Waals surface area contributed by atoms with Crippen LogP contribution in [0, 0.1) is 0 Å². The first-order valence-corrected chi connectivity index (χ1v) is 13.4. The molecule has 11 heteroatoms. The van der Waals surface area contributed by atoms with E-state index < -0.39 is 29.2 Å². The molecule has 0 aliphatic rings. The zero-order valence-corrected chi connectivity index (χ0v) is 24.1. The lowest BCUT2D eigenvalue weighted by molar-refractivity contribution is -0.166. The first kappa shape index (κ1) is 31.9. The monoisotopic (exact) mass is 563 g/mol. The maximum absolute atomic E-state index is 13.0. The Bertz CT molecular complexity index is 1070. The first-order valence-electron chi connectivity index (χ1n) is 12.6. The van der Waals surface area contributed by atoms with Gasteiger partial charge in [-0.2, -0.15) is 4.33 Å². The molecule has 1 N–H and O–H groups in total. The van der Waals surface area contributed by atoms with Gasteiger partial charge in [-0.05, 0) is 89.8 Å². The fourth-order valence-corrected chi connectivity index (χ4v) is 3.96. The number of amides is 1. The van der Waals surface area contributed by atoms with Crippen LogP contribution in [0.5, 0.6) is 11.5 Å². The zero-order chi connectivity index (χ0) is 28.9. The molecule has 10 nitrogen and oxygen atoms in total. The molecule has 0 radical (unpaired) electrons. The number of nitrogens with one attached hydrogen (secondary N) is 1. The number of alkyl carbamates (subject to hydrolysis) is 1. The van der Waals surface area contributed by atoms with Crippen LogP contribution >= 0.6 is 12.0 Å². The highest BCUT2D eigenvalue weighted by atomic mass is 32.2. The first-order chi connectivity index (χ1) is 18.5. The number of rotatable bonds is 14. The Morgan fingerprint density at radius 2 is 1.54 bits per heavy atom. The fraction of sp³-hybridized carbons (Fsp3) is 0.464. The van der Waals surface area contributed by atoms with Crippen molar-refractivity contribution in [1.29, 1.82) is 0 Å². The van der Waals surface area contributed by atoms with E-state index >= 15 is 0 Å². The van der Waals surface area contributed by atoms with Gasteiger partial charge in [-0.25, -0.2) is 19.3 Å². The van der Waals surface area contributed by atoms with E-state index in [-0.39, 0.29) is 19.6 Å². The SMILES string of the molecule is CCOC(=O)C(CCCc1ccc(Oc2cccc(SOOC)c2)cc1)(NC(=O)OC(C)(C)C)C(=O)OCC. The van der Waals surface area contributed by atoms with Gasteiger partial charge in [0.2, 0.25) is 5.54 Å². The number of hydrogen-bond donors (Lipinski definition) is 1. The van der Waals surface area contributed by atoms with Gasteiger partial charge in [-0.1, -0.05) is 18.2 Å². The minimum absolute atomic E-state index is 0.0262. The summed E-state index contributed by atoms with van der Waals surface area (Å²) in [5.74, 6) is -0.523. The van der Waals surface area contributed by atoms with Crippen molar-refractivity contribution in [2.75, 3.05) is 20.3 Å². The van der Waals surface area contributed by atoms with Crippen molar-refractivity contribution >= 4 is 30.1 Å². The van der Waals surface area contributed by atoms with E-state index in [0.717, 1.165) is 22.5 Å². The van der Waals surface area contributed by atoms with E-state index in [1.165, 1.54) is 7.11 Å². The maximum Gasteiger partial charge on any atom is 0.409 e. The van der Waals surface area contributed by atoms with E-state index in [1.807, 2.05) is 48.5 Å². The summed E-state index contributed by atoms with van der Waals surface area (Å²) in [6.07, 6.45) is -0.0822. The summed E-state index contributed by atoms with van der Waals surface area (Å²) >= 11 is 1.07. The van der Waals surface area contributed by atoms with Gasteiger partial charge in [0.15, 0.2) is 0 Å². The number of carbonyl (C=O) groups excluding carboxylic acids is 3. The van der Waals surface area contributed by atoms with Crippen LogP contribution in [0.25, 0.3) is 0 Å². The van der Waals surface area contributed by atoms with E-state index in [0.29, 0.717) is 24.3 Å². The molecule has 2 rings (SSSR count). The van der Waals surface area contributed by atoms with Crippen LogP contribution in [0.2, 0.25) is 0 Å². The Balaban J connectivity index is 2.12. The zero-order valence-electron chi connectivity index (χ0n) is 23.2. The molecule has 0 atom stereocenters. The number of carbonyl (C=O) groups is 3. The van der Waals surface area contributed by atoms with Crippen LogP contribution < -0.4 is 10.1 Å². The second kappa shape index (κ2) is 15.3. The molecule has 0 aliphatic heterocycles. The molecule has 214 valence electrons. The molecule has 0 heterocycles. The number of ether oxygens (including phenoxy) is 4. The highest BCUT2D eigenvalue weighted by Crippen LogP contribution is 2.28. The summed E-state index contributed by atoms with van der Waals surface area (Å²) in [6.45, 7) is 8.34. The molecule has 0 bridgehead atoms. The normalized spacial score (nSPS) is 11.4. The Hall–Kier alpha value is -3.28. The van der Waals surface area contributed by atoms with Gasteiger partial charge in [-0.15, -0.1) is 0 Å². The van der Waals surface area contributed by atoms with Crippen molar-refractivity contribution in [3.05, 3.63) is 54.1 Å². The quantitative estimate of drug-likeness (QED) is 0.0757. The standard InChI is InChI=1S/C28H37NO9S/c1-7-34-24(30)28(25(31)35-8-2,29-26(32)37-27(3,4)5)18-10-11-20-14-16-21(17-15-20)36-22-12-9-13-23(19-22)39-38-33-6/h9,12-17,19H,7-8,10-11,18H2,1-6H3,(H,29,32). The number of esters is 2. The second-order valence-electron chi connectivity index (χ2n) is 9.37. The smallest absolute Gasteiger partial charge is 0.409 e. The van der Waals surface area contributed by atoms with Crippen molar-refractivity contribution in [3.63, 3.8) is 0 Å². The van der Waals surface area contributed by atoms with Crippen molar-refractivity contribution in [2.24, 2.45) is 0 Å². The van der Waals surface area contributed by atoms with E-state index in [9.17, 15) is 14.4 Å². The maximum atomic E-state index is 13.0. The molecule has 2 aromatic carbocycles. The van der Waals surface area contributed by atoms with Crippen LogP contribution in [0.15, 0.2) is 53.4 Å². The lowest BCUT2D eigenvalue weighted by atomic mass is 9.91. The summed E-state index contributed by atoms with van der Waals surface area (Å²) in [7, 11) is 1.43. The average molecular weight is 564 g/mol. The van der Waals surface area contributed by atoms with Crippen LogP contribution in [0.4, 0.5) is 4.79 Å². The van der Waals surface area contributed by atoms with Gasteiger partial charge in [-0.3, -0.25) is 5.32 Å². The second-order valence-corrected chi connectivity index (χ2v) is 10.1. The third kappa shape index (κ3) is 10.4. The van der Waals surface area contributed by atoms with Gasteiger partial charge >= 0.3 is 18.0 Å². The van der Waals surface area contributed by atoms with E-state index in [1.54, 1.807) is 34.6 Å². The molecule has 2 aromatic rings. The lowest BCUT2D eigenvalue weighted by Crippen LogP contribution is -2.62. The molecule has 0 saturated heterocycles. The molecular weight excluding hydrogens is 526 g/mol. The number of benzene rings is 2. The molecule has 0 fully saturated rings. The lowest BCUT2D eigenvalue weighted by Gasteiger charge is -2.31. The van der Waals surface area contributed by atoms with Crippen LogP contribution in [0.3, 0.4) is 0 Å². The highest BCUT2D eigenvalue weighted by molar-refractivity contribution is 7.94. The van der Waals surface area contributed by atoms with Crippen LogP contribution in [0.1, 0.15) is 53.0 Å². The van der Waals surface area contributed by atoms with Crippen LogP contribution in [-0.4, -0.2) is 49.5 Å². The molecule has 0 spiro atoms. The Labute approximate surface area is 233 Å². The highest BCUT2D eigenvalue weighted by Gasteiger charge is 2.50. The third-order valence-electron chi connectivity index (χ3n) is 5.14. The van der Waals surface area contributed by atoms with Gasteiger partial charge in [0.1, 0.15) is 17.1 Å². The van der Waals surface area contributed by atoms with Gasteiger partial charge in [0.05, 0.1) is 32.4 Å². The molecule has 0 aliphatic carbocycles. The Morgan fingerprint density at radius 1 is 0.897 bits per heavy atom. The summed E-state index contributed by atoms with van der Waals surface area (Å²) in [4.78, 5) is 44.0. The van der Waals surface area contributed by atoms with Crippen molar-refractivity contribution in [3.8, 4) is 11.5 Å². The predicted molar refractivity (Wildman–Crippen MR) is 145 cm³/mol. The fourth-order valence-electron chi connectivity index (χ4n) is 3.52. The van der Waals surface area contributed by atoms with Gasteiger partial charge < -0.3 is 18.9 Å². The molecule has 39 heavy (non-hydrogen) atoms. The number of aryl methyl sites for hydroxylation is 1. The minimum Gasteiger partial charge on any atom is -0.464 e. The minimum atomic E-state index is -2.03. The van der Waals surface area contributed by atoms with Crippen molar-refractivity contribution in [2.45, 2.75) is 69.9 Å². The molecule has 0 saturated carbocycles. The van der Waals surface area contributed by atoms with Gasteiger partial charge in [0.25, 0.3) is 0 Å². The number of hydrogen-bond acceptors (Lipinski definition) is 10. The molecule has 0 unspecified atom stereocenters. The average Bonchev–Trinajstić information content (AvgIpc) is 2.87. The molecule has 0 aromatic heterocycles. The van der Waals surface area contributed by atoms with Crippen molar-refractivity contribution in [1.82, 2.24) is 5.32 Å². The topological polar surface area (TPSA) is 119 Å². The Kier molecular flexibility index (Phi) is 12.6. The summed E-state index contributed by atoms with van der Waals surface area (Å²) in [5.41, 5.74) is -1.92.